The van der Waals surface area contributed by atoms with Crippen molar-refractivity contribution >= 4 is 53.7 Å². The highest BCUT2D eigenvalue weighted by Gasteiger charge is 2.21. The van der Waals surface area contributed by atoms with Gasteiger partial charge in [0.25, 0.3) is 0 Å². The number of ether oxygens (including phenoxy) is 9. The fourth-order valence-electron chi connectivity index (χ4n) is 6.20. The Kier molecular flexibility index (Phi) is 21.3. The number of rotatable bonds is 26. The molecule has 0 bridgehead atoms. The average Bonchev–Trinajstić information content (AvgIpc) is 3.40. The van der Waals surface area contributed by atoms with E-state index in [4.69, 9.17) is 42.6 Å². The number of carbonyl (C=O) groups excluding carboxylic acids is 9. The van der Waals surface area contributed by atoms with Crippen LogP contribution in [0.2, 0.25) is 0 Å². The topological polar surface area (TPSA) is 237 Å². The fraction of sp³-hybridized carbons (Fsp3) is 0.196. The minimum Gasteiger partial charge on any atom is -0.462 e. The monoisotopic (exact) mass is 1010 g/mol. The average molecular weight is 1010 g/mol. The van der Waals surface area contributed by atoms with Crippen molar-refractivity contribution in [1.82, 2.24) is 0 Å². The zero-order chi connectivity index (χ0) is 53.4. The largest absolute Gasteiger partial charge is 0.462 e. The molecule has 5 aromatic rings. The van der Waals surface area contributed by atoms with Gasteiger partial charge in [-0.2, -0.15) is 0 Å². The van der Waals surface area contributed by atoms with Crippen molar-refractivity contribution in [3.8, 4) is 45.3 Å². The van der Waals surface area contributed by atoms with Crippen molar-refractivity contribution in [1.29, 1.82) is 0 Å². The van der Waals surface area contributed by atoms with Gasteiger partial charge in [0.15, 0.2) is 0 Å². The van der Waals surface area contributed by atoms with E-state index >= 15 is 0 Å². The summed E-state index contributed by atoms with van der Waals surface area (Å²) in [6.07, 6.45) is 1.40. The molecule has 0 saturated carbocycles. The van der Waals surface area contributed by atoms with Crippen LogP contribution in [0.25, 0.3) is 22.3 Å². The Morgan fingerprint density at radius 2 is 0.770 bits per heavy atom. The van der Waals surface area contributed by atoms with Crippen LogP contribution in [-0.2, 0) is 52.5 Å². The van der Waals surface area contributed by atoms with Crippen LogP contribution in [0.3, 0.4) is 0 Å². The van der Waals surface area contributed by atoms with E-state index in [9.17, 15) is 43.2 Å². The van der Waals surface area contributed by atoms with E-state index in [0.717, 1.165) is 34.4 Å². The van der Waals surface area contributed by atoms with Gasteiger partial charge in [0.1, 0.15) is 55.0 Å². The molecule has 0 aliphatic rings. The van der Waals surface area contributed by atoms with Crippen LogP contribution >= 0.6 is 0 Å². The highest BCUT2D eigenvalue weighted by molar-refractivity contribution is 5.98. The lowest BCUT2D eigenvalue weighted by Gasteiger charge is -2.13. The summed E-state index contributed by atoms with van der Waals surface area (Å²) in [5, 5.41) is 0. The highest BCUT2D eigenvalue weighted by atomic mass is 16.6. The van der Waals surface area contributed by atoms with Crippen LogP contribution in [0.15, 0.2) is 153 Å². The maximum absolute atomic E-state index is 13.4. The molecule has 0 heterocycles. The Morgan fingerprint density at radius 3 is 1.19 bits per heavy atom. The van der Waals surface area contributed by atoms with E-state index in [-0.39, 0.29) is 98.4 Å². The Bertz CT molecular complexity index is 2860. The quantitative estimate of drug-likeness (QED) is 0.0126. The summed E-state index contributed by atoms with van der Waals surface area (Å²) in [6.45, 7) is 11.5. The van der Waals surface area contributed by atoms with Crippen molar-refractivity contribution < 1.29 is 85.8 Å². The predicted octanol–water partition coefficient (Wildman–Crippen LogP) is 8.50. The van der Waals surface area contributed by atoms with Gasteiger partial charge in [-0.1, -0.05) is 67.3 Å². The second-order valence-corrected chi connectivity index (χ2v) is 15.6. The molecule has 0 spiro atoms. The Balaban J connectivity index is 1.14. The van der Waals surface area contributed by atoms with Gasteiger partial charge in [0.05, 0.1) is 43.4 Å². The van der Waals surface area contributed by atoms with E-state index in [1.165, 1.54) is 30.3 Å². The van der Waals surface area contributed by atoms with E-state index in [0.29, 0.717) is 12.0 Å². The van der Waals surface area contributed by atoms with Crippen LogP contribution in [0.1, 0.15) is 70.1 Å². The molecule has 0 atom stereocenters. The standard InChI is InChI=1S/C56H50O18/c1-5-48(57)66-31-33-68-50(59)25-27-52(61)71-43-19-15-39(16-20-43)37-7-11-41(12-8-37)54(63)73-45-23-24-47(46(35-45)56(65)70-30-29-36(3)4)74-55(64)42-13-9-38(10-14-42)40-17-21-44(22-18-40)72-53(62)28-26-51(60)69-34-32-67-49(58)6-2/h5-24,35H,1-3,25-34H2,4H3. The second kappa shape index (κ2) is 28.4. The molecule has 0 amide bonds. The summed E-state index contributed by atoms with van der Waals surface area (Å²) in [6, 6.07) is 29.8. The second-order valence-electron chi connectivity index (χ2n) is 15.6. The van der Waals surface area contributed by atoms with E-state index in [1.807, 2.05) is 0 Å². The summed E-state index contributed by atoms with van der Waals surface area (Å²) in [7, 11) is 0. The third-order valence-corrected chi connectivity index (χ3v) is 10.0. The Labute approximate surface area is 425 Å². The molecule has 0 N–H and O–H groups in total. The van der Waals surface area contributed by atoms with Crippen molar-refractivity contribution in [3.05, 3.63) is 169 Å². The van der Waals surface area contributed by atoms with Gasteiger partial charge in [-0.3, -0.25) is 19.2 Å². The lowest BCUT2D eigenvalue weighted by Crippen LogP contribution is -2.15. The maximum Gasteiger partial charge on any atom is 0.343 e. The summed E-state index contributed by atoms with van der Waals surface area (Å²) in [5.41, 5.74) is 3.79. The maximum atomic E-state index is 13.4. The Hall–Kier alpha value is -9.45. The number of carbonyl (C=O) groups is 9. The SMILES string of the molecule is C=CC(=O)OCCOC(=O)CCC(=O)Oc1ccc(-c2ccc(C(=O)Oc3ccc(OC(=O)c4ccc(-c5ccc(OC(=O)CCC(=O)OCCOC(=O)C=C)cc5)cc4)c(C(=O)OCCC(=C)C)c3)cc2)cc1. The third kappa shape index (κ3) is 18.4. The molecule has 0 unspecified atom stereocenters. The van der Waals surface area contributed by atoms with E-state index in [2.05, 4.69) is 19.7 Å². The van der Waals surface area contributed by atoms with Crippen LogP contribution in [0, 0.1) is 0 Å². The molecule has 0 saturated heterocycles. The molecule has 5 rings (SSSR count). The molecule has 0 radical (unpaired) electrons. The molecule has 74 heavy (non-hydrogen) atoms. The minimum atomic E-state index is -0.841. The van der Waals surface area contributed by atoms with Gasteiger partial charge in [0, 0.05) is 18.6 Å². The summed E-state index contributed by atoms with van der Waals surface area (Å²) in [5.74, 6) is -6.04. The smallest absolute Gasteiger partial charge is 0.343 e. The molecule has 18 heteroatoms. The first kappa shape index (κ1) is 55.5. The van der Waals surface area contributed by atoms with Gasteiger partial charge < -0.3 is 42.6 Å². The van der Waals surface area contributed by atoms with Crippen molar-refractivity contribution in [2.45, 2.75) is 39.0 Å². The van der Waals surface area contributed by atoms with E-state index < -0.39 is 53.7 Å². The van der Waals surface area contributed by atoms with Crippen molar-refractivity contribution in [3.63, 3.8) is 0 Å². The predicted molar refractivity (Wildman–Crippen MR) is 264 cm³/mol. The first-order valence-electron chi connectivity index (χ1n) is 22.7. The summed E-state index contributed by atoms with van der Waals surface area (Å²) < 4.78 is 46.6. The van der Waals surface area contributed by atoms with Gasteiger partial charge in [0.2, 0.25) is 0 Å². The molecule has 5 aromatic carbocycles. The zero-order valence-corrected chi connectivity index (χ0v) is 40.2. The minimum absolute atomic E-state index is 0.00931. The van der Waals surface area contributed by atoms with Crippen LogP contribution < -0.4 is 18.9 Å². The first-order chi connectivity index (χ1) is 35.6. The van der Waals surface area contributed by atoms with Gasteiger partial charge in [-0.05, 0) is 95.9 Å². The molecule has 0 aliphatic carbocycles. The molecule has 0 aromatic heterocycles. The number of hydrogen-bond donors (Lipinski definition) is 0. The molecule has 382 valence electrons. The molecular weight excluding hydrogens is 961 g/mol. The van der Waals surface area contributed by atoms with E-state index in [1.54, 1.807) is 91.9 Å². The third-order valence-electron chi connectivity index (χ3n) is 10.0. The zero-order valence-electron chi connectivity index (χ0n) is 40.2. The van der Waals surface area contributed by atoms with Gasteiger partial charge in [-0.25, -0.2) is 24.0 Å². The van der Waals surface area contributed by atoms with Crippen molar-refractivity contribution in [2.75, 3.05) is 33.0 Å². The fourth-order valence-corrected chi connectivity index (χ4v) is 6.20. The highest BCUT2D eigenvalue weighted by Crippen LogP contribution is 2.29. The molecule has 0 fully saturated rings. The molecule has 0 aliphatic heterocycles. The Morgan fingerprint density at radius 1 is 0.392 bits per heavy atom. The molecular formula is C56H50O18. The number of hydrogen-bond acceptors (Lipinski definition) is 18. The number of esters is 9. The van der Waals surface area contributed by atoms with Crippen molar-refractivity contribution in [2.24, 2.45) is 0 Å². The van der Waals surface area contributed by atoms with Crippen LogP contribution in [0.4, 0.5) is 0 Å². The van der Waals surface area contributed by atoms with Crippen LogP contribution in [-0.4, -0.2) is 86.8 Å². The molecule has 18 nitrogen and oxygen atoms in total. The summed E-state index contributed by atoms with van der Waals surface area (Å²) in [4.78, 5) is 110. The first-order valence-corrected chi connectivity index (χ1v) is 22.7. The van der Waals surface area contributed by atoms with Gasteiger partial charge in [-0.15, -0.1) is 6.58 Å². The summed E-state index contributed by atoms with van der Waals surface area (Å²) >= 11 is 0. The normalized spacial score (nSPS) is 10.3. The number of benzene rings is 5. The van der Waals surface area contributed by atoms with Gasteiger partial charge >= 0.3 is 53.7 Å². The van der Waals surface area contributed by atoms with Crippen LogP contribution in [0.5, 0.6) is 23.0 Å². The lowest BCUT2D eigenvalue weighted by molar-refractivity contribution is -0.151. The lowest BCUT2D eigenvalue weighted by atomic mass is 10.0.